The van der Waals surface area contributed by atoms with Gasteiger partial charge in [0.15, 0.2) is 0 Å². The van der Waals surface area contributed by atoms with E-state index in [2.05, 4.69) is 141 Å². The number of rotatable bonds is 46. The summed E-state index contributed by atoms with van der Waals surface area (Å²) in [7, 11) is 1.52. The first kappa shape index (κ1) is 64.6. The van der Waals surface area contributed by atoms with Crippen molar-refractivity contribution in [3.05, 3.63) is 134 Å². The van der Waals surface area contributed by atoms with Crippen molar-refractivity contribution in [2.75, 3.05) is 40.9 Å². The molecular formula is C59H100N2O6P+. The topological polar surface area (TPSA) is 105 Å². The number of carbonyl (C=O) groups excluding carboxylic acids is 1. The molecule has 386 valence electrons. The maximum atomic E-state index is 12.9. The highest BCUT2D eigenvalue weighted by Gasteiger charge is 2.27. The summed E-state index contributed by atoms with van der Waals surface area (Å²) in [5.41, 5.74) is 0. The molecule has 0 rings (SSSR count). The van der Waals surface area contributed by atoms with Gasteiger partial charge >= 0.3 is 7.82 Å². The van der Waals surface area contributed by atoms with Gasteiger partial charge in [-0.2, -0.15) is 0 Å². The molecule has 68 heavy (non-hydrogen) atoms. The van der Waals surface area contributed by atoms with Gasteiger partial charge < -0.3 is 19.8 Å². The lowest BCUT2D eigenvalue weighted by atomic mass is 10.0. The third-order valence-corrected chi connectivity index (χ3v) is 11.9. The Morgan fingerprint density at radius 2 is 0.882 bits per heavy atom. The van der Waals surface area contributed by atoms with E-state index in [1.807, 2.05) is 27.2 Å². The number of aliphatic hydroxyl groups is 1. The molecule has 9 heteroatoms. The minimum absolute atomic E-state index is 0.0452. The van der Waals surface area contributed by atoms with Crippen LogP contribution < -0.4 is 5.32 Å². The molecule has 0 aliphatic rings. The second-order valence-corrected chi connectivity index (χ2v) is 20.0. The molecule has 3 atom stereocenters. The van der Waals surface area contributed by atoms with Crippen LogP contribution in [0.15, 0.2) is 134 Å². The van der Waals surface area contributed by atoms with Crippen LogP contribution in [0.1, 0.15) is 181 Å². The quantitative estimate of drug-likeness (QED) is 0.0243. The monoisotopic (exact) mass is 964 g/mol. The smallest absolute Gasteiger partial charge is 0.387 e. The van der Waals surface area contributed by atoms with Gasteiger partial charge in [-0.25, -0.2) is 4.57 Å². The summed E-state index contributed by atoms with van der Waals surface area (Å²) in [6, 6.07) is -0.879. The molecule has 1 amide bonds. The van der Waals surface area contributed by atoms with Crippen molar-refractivity contribution >= 4 is 13.7 Å². The summed E-state index contributed by atoms with van der Waals surface area (Å²) in [4.78, 5) is 23.2. The molecule has 0 aromatic heterocycles. The van der Waals surface area contributed by atoms with Gasteiger partial charge in [0.2, 0.25) is 5.91 Å². The second kappa shape index (κ2) is 48.7. The second-order valence-electron chi connectivity index (χ2n) is 18.5. The number of nitrogens with one attached hydrogen (secondary N) is 1. The minimum atomic E-state index is -4.36. The first-order valence-electron chi connectivity index (χ1n) is 26.6. The lowest BCUT2D eigenvalue weighted by molar-refractivity contribution is -0.870. The van der Waals surface area contributed by atoms with Crippen molar-refractivity contribution in [2.24, 2.45) is 0 Å². The number of amides is 1. The molecule has 0 saturated heterocycles. The van der Waals surface area contributed by atoms with E-state index in [4.69, 9.17) is 9.05 Å². The van der Waals surface area contributed by atoms with Crippen molar-refractivity contribution in [2.45, 2.75) is 193 Å². The highest BCUT2D eigenvalue weighted by atomic mass is 31.2. The summed E-state index contributed by atoms with van der Waals surface area (Å²) in [5, 5.41) is 13.8. The molecule has 3 unspecified atom stereocenters. The summed E-state index contributed by atoms with van der Waals surface area (Å²) < 4.78 is 23.6. The fourth-order valence-corrected chi connectivity index (χ4v) is 7.45. The number of carbonyl (C=O) groups is 1. The molecule has 0 aromatic carbocycles. The van der Waals surface area contributed by atoms with Gasteiger partial charge in [-0.1, -0.05) is 212 Å². The highest BCUT2D eigenvalue weighted by Crippen LogP contribution is 2.43. The van der Waals surface area contributed by atoms with Gasteiger partial charge in [-0.3, -0.25) is 13.8 Å². The van der Waals surface area contributed by atoms with Crippen LogP contribution in [0.4, 0.5) is 0 Å². The van der Waals surface area contributed by atoms with Gasteiger partial charge in [0, 0.05) is 6.42 Å². The fourth-order valence-electron chi connectivity index (χ4n) is 6.71. The lowest BCUT2D eigenvalue weighted by Gasteiger charge is -2.25. The molecule has 0 aliphatic carbocycles. The van der Waals surface area contributed by atoms with Gasteiger partial charge in [0.25, 0.3) is 0 Å². The van der Waals surface area contributed by atoms with Crippen LogP contribution in [0, 0.1) is 0 Å². The Morgan fingerprint density at radius 1 is 0.515 bits per heavy atom. The number of nitrogens with zero attached hydrogens (tertiary/aromatic N) is 1. The molecular weight excluding hydrogens is 864 g/mol. The molecule has 8 nitrogen and oxygen atoms in total. The number of phosphoric ester groups is 1. The molecule has 0 aliphatic heterocycles. The number of phosphoric acid groups is 1. The fraction of sp³-hybridized carbons (Fsp3) is 0.610. The molecule has 0 saturated carbocycles. The number of allylic oxidation sites excluding steroid dienone is 21. The third-order valence-electron chi connectivity index (χ3n) is 10.9. The van der Waals surface area contributed by atoms with Gasteiger partial charge in [0.05, 0.1) is 39.9 Å². The molecule has 0 spiro atoms. The van der Waals surface area contributed by atoms with E-state index in [0.717, 1.165) is 96.3 Å². The van der Waals surface area contributed by atoms with Gasteiger partial charge in [0.1, 0.15) is 13.2 Å². The molecule has 0 aromatic rings. The standard InChI is InChI=1S/C59H99N2O6P/c1-6-8-10-12-14-16-18-20-21-22-23-24-25-26-27-28-29-30-31-32-33-34-35-36-37-38-39-41-43-45-47-49-51-53-59(63)60-57(56-67-68(64,65)66-55-54-61(3,4)5)58(62)52-50-48-46-44-42-40-19-17-15-13-11-9-7-2/h8,10,14,16,20-21,23-24,26-27,29-30,32-33,35-36,38-39,43,45,50,52,57-58,62H,6-7,9,11-13,15,17-19,22,25,28,31,34,37,40-42,44,46-49,51,53-56H2,1-5H3,(H-,60,63,64,65)/p+1/b10-8-,16-14-,21-20-,24-23-,27-26-,30-29-,33-32-,36-35-,39-38-,45-43-,52-50+. The van der Waals surface area contributed by atoms with E-state index in [1.165, 1.54) is 57.8 Å². The Balaban J connectivity index is 4.34. The van der Waals surface area contributed by atoms with E-state index >= 15 is 0 Å². The zero-order valence-electron chi connectivity index (χ0n) is 43.8. The highest BCUT2D eigenvalue weighted by molar-refractivity contribution is 7.47. The van der Waals surface area contributed by atoms with Gasteiger partial charge in [-0.15, -0.1) is 0 Å². The Bertz CT molecular complexity index is 1560. The van der Waals surface area contributed by atoms with Crippen molar-refractivity contribution in [1.82, 2.24) is 5.32 Å². The van der Waals surface area contributed by atoms with Crippen LogP contribution in [0.2, 0.25) is 0 Å². The largest absolute Gasteiger partial charge is 0.472 e. The van der Waals surface area contributed by atoms with Crippen molar-refractivity contribution in [1.29, 1.82) is 0 Å². The number of likely N-dealkylation sites (N-methyl/N-ethyl adjacent to an activating group) is 1. The maximum absolute atomic E-state index is 12.9. The predicted octanol–water partition coefficient (Wildman–Crippen LogP) is 16.0. The zero-order valence-corrected chi connectivity index (χ0v) is 44.7. The van der Waals surface area contributed by atoms with Crippen molar-refractivity contribution in [3.63, 3.8) is 0 Å². The Labute approximate surface area is 417 Å². The van der Waals surface area contributed by atoms with E-state index in [9.17, 15) is 19.4 Å². The average molecular weight is 964 g/mol. The Hall–Kier alpha value is -3.36. The normalized spacial score (nSPS) is 15.1. The summed E-state index contributed by atoms with van der Waals surface area (Å²) in [6.07, 6.45) is 74.0. The number of hydrogen-bond donors (Lipinski definition) is 3. The van der Waals surface area contributed by atoms with E-state index in [1.54, 1.807) is 6.08 Å². The SMILES string of the molecule is CC/C=C\C/C=C\C/C=C\C/C=C\C/C=C\C/C=C\C/C=C\C/C=C\C/C=C\C/C=C\CCCCC(=O)NC(COP(=O)(O)OCC[N+](C)(C)C)C(O)/C=C/CCCCCCCCCCCCC. The van der Waals surface area contributed by atoms with Crippen LogP contribution in [-0.4, -0.2) is 73.4 Å². The molecule has 3 N–H and O–H groups in total. The number of unbranched alkanes of at least 4 members (excludes halogenated alkanes) is 13. The molecule has 0 heterocycles. The van der Waals surface area contributed by atoms with E-state index in [-0.39, 0.29) is 19.1 Å². The summed E-state index contributed by atoms with van der Waals surface area (Å²) in [5.74, 6) is -0.226. The zero-order chi connectivity index (χ0) is 49.9. The number of quaternary nitrogens is 1. The third kappa shape index (κ3) is 50.5. The van der Waals surface area contributed by atoms with E-state index < -0.39 is 20.0 Å². The minimum Gasteiger partial charge on any atom is -0.387 e. The van der Waals surface area contributed by atoms with E-state index in [0.29, 0.717) is 23.9 Å². The number of aliphatic hydroxyl groups excluding tert-OH is 1. The van der Waals surface area contributed by atoms with Crippen LogP contribution in [0.5, 0.6) is 0 Å². The van der Waals surface area contributed by atoms with Crippen LogP contribution in [-0.2, 0) is 18.4 Å². The van der Waals surface area contributed by atoms with Crippen molar-refractivity contribution < 1.29 is 32.9 Å². The molecule has 0 fully saturated rings. The average Bonchev–Trinajstić information content (AvgIpc) is 3.30. The first-order valence-corrected chi connectivity index (χ1v) is 28.1. The molecule has 0 radical (unpaired) electrons. The lowest BCUT2D eigenvalue weighted by Crippen LogP contribution is -2.45. The van der Waals surface area contributed by atoms with Crippen LogP contribution in [0.25, 0.3) is 0 Å². The van der Waals surface area contributed by atoms with Crippen molar-refractivity contribution in [3.8, 4) is 0 Å². The van der Waals surface area contributed by atoms with Crippen LogP contribution in [0.3, 0.4) is 0 Å². The Morgan fingerprint density at radius 3 is 1.29 bits per heavy atom. The van der Waals surface area contributed by atoms with Crippen LogP contribution >= 0.6 is 7.82 Å². The summed E-state index contributed by atoms with van der Waals surface area (Å²) >= 11 is 0. The predicted molar refractivity (Wildman–Crippen MR) is 294 cm³/mol. The maximum Gasteiger partial charge on any atom is 0.472 e. The Kier molecular flexibility index (Phi) is 46.3. The molecule has 0 bridgehead atoms. The summed E-state index contributed by atoms with van der Waals surface area (Å²) in [6.45, 7) is 4.63. The number of hydrogen-bond acceptors (Lipinski definition) is 5. The first-order chi connectivity index (χ1) is 33.0. The van der Waals surface area contributed by atoms with Gasteiger partial charge in [-0.05, 0) is 96.3 Å².